The predicted octanol–water partition coefficient (Wildman–Crippen LogP) is 1.25. The summed E-state index contributed by atoms with van der Waals surface area (Å²) in [7, 11) is 0. The zero-order valence-electron chi connectivity index (χ0n) is 7.96. The van der Waals surface area contributed by atoms with Gasteiger partial charge in [-0.15, -0.1) is 11.6 Å². The Balaban J connectivity index is 2.23. The first-order valence-electron chi connectivity index (χ1n) is 4.73. The number of halogens is 1. The van der Waals surface area contributed by atoms with E-state index in [9.17, 15) is 4.79 Å². The fourth-order valence-electron chi connectivity index (χ4n) is 1.38. The van der Waals surface area contributed by atoms with Crippen LogP contribution in [0, 0.1) is 0 Å². The van der Waals surface area contributed by atoms with Gasteiger partial charge in [0.2, 0.25) is 5.91 Å². The Hall–Kier alpha value is -0.280. The van der Waals surface area contributed by atoms with Gasteiger partial charge in [0.1, 0.15) is 6.61 Å². The average Bonchev–Trinajstić information content (AvgIpc) is 2.15. The second kappa shape index (κ2) is 5.45. The van der Waals surface area contributed by atoms with Crippen LogP contribution in [0.15, 0.2) is 0 Å². The van der Waals surface area contributed by atoms with Gasteiger partial charge in [-0.2, -0.15) is 0 Å². The van der Waals surface area contributed by atoms with E-state index < -0.39 is 0 Å². The number of hydrogen-bond donors (Lipinski definition) is 0. The molecular formula is C9H16ClNO2. The highest BCUT2D eigenvalue weighted by atomic mass is 35.5. The van der Waals surface area contributed by atoms with E-state index >= 15 is 0 Å². The number of piperidine rings is 1. The van der Waals surface area contributed by atoms with Gasteiger partial charge in [-0.3, -0.25) is 4.79 Å². The van der Waals surface area contributed by atoms with E-state index in [1.165, 1.54) is 0 Å². The first-order valence-corrected chi connectivity index (χ1v) is 5.17. The minimum atomic E-state index is 0.0883. The topological polar surface area (TPSA) is 29.5 Å². The van der Waals surface area contributed by atoms with Gasteiger partial charge in [0, 0.05) is 25.1 Å². The first kappa shape index (κ1) is 10.8. The molecule has 3 nitrogen and oxygen atoms in total. The second-order valence-electron chi connectivity index (χ2n) is 3.19. The van der Waals surface area contributed by atoms with Crippen molar-refractivity contribution < 1.29 is 9.53 Å². The highest BCUT2D eigenvalue weighted by molar-refractivity contribution is 6.20. The van der Waals surface area contributed by atoms with Crippen LogP contribution in [0.4, 0.5) is 0 Å². The summed E-state index contributed by atoms with van der Waals surface area (Å²) in [6.45, 7) is 4.25. The maximum absolute atomic E-state index is 11.4. The van der Waals surface area contributed by atoms with Crippen molar-refractivity contribution in [1.29, 1.82) is 0 Å². The number of ether oxygens (including phenoxy) is 1. The summed E-state index contributed by atoms with van der Waals surface area (Å²) in [5.74, 6) is 0.0883. The number of hydrogen-bond acceptors (Lipinski definition) is 2. The molecule has 13 heavy (non-hydrogen) atoms. The normalized spacial score (nSPS) is 19.1. The largest absolute Gasteiger partial charge is 0.372 e. The number of carbonyl (C=O) groups is 1. The summed E-state index contributed by atoms with van der Waals surface area (Å²) in [5.41, 5.74) is 0. The van der Waals surface area contributed by atoms with Gasteiger partial charge >= 0.3 is 0 Å². The molecule has 1 saturated heterocycles. The van der Waals surface area contributed by atoms with Crippen LogP contribution < -0.4 is 0 Å². The predicted molar refractivity (Wildman–Crippen MR) is 51.9 cm³/mol. The third-order valence-corrected chi connectivity index (χ3v) is 2.64. The van der Waals surface area contributed by atoms with Crippen LogP contribution in [-0.2, 0) is 9.53 Å². The molecule has 0 saturated carbocycles. The molecule has 1 heterocycles. The number of rotatable bonds is 3. The van der Waals surface area contributed by atoms with Crippen molar-refractivity contribution in [2.75, 3.05) is 26.3 Å². The van der Waals surface area contributed by atoms with Crippen molar-refractivity contribution in [1.82, 2.24) is 4.90 Å². The molecule has 1 aliphatic rings. The van der Waals surface area contributed by atoms with Crippen LogP contribution >= 0.6 is 11.6 Å². The Morgan fingerprint density at radius 3 is 2.69 bits per heavy atom. The van der Waals surface area contributed by atoms with Crippen molar-refractivity contribution >= 4 is 17.5 Å². The van der Waals surface area contributed by atoms with Gasteiger partial charge in [-0.1, -0.05) is 0 Å². The second-order valence-corrected chi connectivity index (χ2v) is 3.81. The summed E-state index contributed by atoms with van der Waals surface area (Å²) >= 11 is 5.92. The van der Waals surface area contributed by atoms with E-state index in [4.69, 9.17) is 16.3 Å². The number of likely N-dealkylation sites (tertiary alicyclic amines) is 1. The molecule has 0 radical (unpaired) electrons. The van der Waals surface area contributed by atoms with Gasteiger partial charge < -0.3 is 9.64 Å². The molecule has 0 aliphatic carbocycles. The molecule has 0 bridgehead atoms. The Morgan fingerprint density at radius 2 is 2.15 bits per heavy atom. The summed E-state index contributed by atoms with van der Waals surface area (Å²) in [4.78, 5) is 13.2. The minimum Gasteiger partial charge on any atom is -0.372 e. The van der Waals surface area contributed by atoms with Crippen molar-refractivity contribution in [3.05, 3.63) is 0 Å². The van der Waals surface area contributed by atoms with E-state index in [0.717, 1.165) is 25.9 Å². The molecule has 1 fully saturated rings. The zero-order chi connectivity index (χ0) is 9.68. The van der Waals surface area contributed by atoms with Gasteiger partial charge in [0.25, 0.3) is 0 Å². The summed E-state index contributed by atoms with van der Waals surface area (Å²) < 4.78 is 5.05. The molecular weight excluding hydrogens is 190 g/mol. The highest BCUT2D eigenvalue weighted by Crippen LogP contribution is 2.15. The van der Waals surface area contributed by atoms with Gasteiger partial charge in [-0.25, -0.2) is 0 Å². The third kappa shape index (κ3) is 3.53. The molecule has 0 aromatic carbocycles. The van der Waals surface area contributed by atoms with Gasteiger partial charge in [-0.05, 0) is 19.8 Å². The molecule has 0 atom stereocenters. The van der Waals surface area contributed by atoms with Crippen molar-refractivity contribution in [3.8, 4) is 0 Å². The Labute approximate surface area is 84.0 Å². The number of carbonyl (C=O) groups excluding carboxylic acids is 1. The van der Waals surface area contributed by atoms with Gasteiger partial charge in [0.15, 0.2) is 0 Å². The van der Waals surface area contributed by atoms with Crippen molar-refractivity contribution in [3.63, 3.8) is 0 Å². The van der Waals surface area contributed by atoms with Crippen molar-refractivity contribution in [2.45, 2.75) is 25.1 Å². The first-order chi connectivity index (χ1) is 6.24. The molecule has 0 aromatic rings. The molecule has 0 unspecified atom stereocenters. The standard InChI is InChI=1S/C9H16ClNO2/c1-2-13-7-9(12)11-5-3-8(10)4-6-11/h8H,2-7H2,1H3. The maximum atomic E-state index is 11.4. The lowest BCUT2D eigenvalue weighted by Crippen LogP contribution is -2.40. The molecule has 0 spiro atoms. The van der Waals surface area contributed by atoms with E-state index in [1.54, 1.807) is 0 Å². The zero-order valence-corrected chi connectivity index (χ0v) is 8.72. The SMILES string of the molecule is CCOCC(=O)N1CCC(Cl)CC1. The van der Waals surface area contributed by atoms with E-state index in [2.05, 4.69) is 0 Å². The van der Waals surface area contributed by atoms with Crippen LogP contribution in [-0.4, -0.2) is 42.5 Å². The molecule has 1 aliphatic heterocycles. The van der Waals surface area contributed by atoms with Crippen molar-refractivity contribution in [2.24, 2.45) is 0 Å². The lowest BCUT2D eigenvalue weighted by Gasteiger charge is -2.29. The summed E-state index contributed by atoms with van der Waals surface area (Å²) in [6.07, 6.45) is 1.80. The Morgan fingerprint density at radius 1 is 1.54 bits per heavy atom. The smallest absolute Gasteiger partial charge is 0.248 e. The van der Waals surface area contributed by atoms with Crippen LogP contribution in [0.3, 0.4) is 0 Å². The van der Waals surface area contributed by atoms with Crippen LogP contribution in [0.25, 0.3) is 0 Å². The van der Waals surface area contributed by atoms with Crippen LogP contribution in [0.5, 0.6) is 0 Å². The van der Waals surface area contributed by atoms with Crippen LogP contribution in [0.2, 0.25) is 0 Å². The summed E-state index contributed by atoms with van der Waals surface area (Å²) in [5, 5.41) is 0.246. The van der Waals surface area contributed by atoms with E-state index in [-0.39, 0.29) is 17.9 Å². The molecule has 76 valence electrons. The fourth-order valence-corrected chi connectivity index (χ4v) is 1.57. The number of alkyl halides is 1. The fraction of sp³-hybridized carbons (Fsp3) is 0.889. The molecule has 1 rings (SSSR count). The Bertz CT molecular complexity index is 167. The van der Waals surface area contributed by atoms with E-state index in [0.29, 0.717) is 6.61 Å². The lowest BCUT2D eigenvalue weighted by molar-refractivity contribution is -0.136. The van der Waals surface area contributed by atoms with Crippen LogP contribution in [0.1, 0.15) is 19.8 Å². The van der Waals surface area contributed by atoms with Gasteiger partial charge in [0.05, 0.1) is 0 Å². The van der Waals surface area contributed by atoms with E-state index in [1.807, 2.05) is 11.8 Å². The summed E-state index contributed by atoms with van der Waals surface area (Å²) in [6, 6.07) is 0. The monoisotopic (exact) mass is 205 g/mol. The lowest BCUT2D eigenvalue weighted by atomic mass is 10.1. The molecule has 1 amide bonds. The number of nitrogens with zero attached hydrogens (tertiary/aromatic N) is 1. The Kier molecular flexibility index (Phi) is 4.53. The molecule has 4 heteroatoms. The minimum absolute atomic E-state index is 0.0883. The molecule has 0 N–H and O–H groups in total. The quantitative estimate of drug-likeness (QED) is 0.650. The molecule has 0 aromatic heterocycles. The third-order valence-electron chi connectivity index (χ3n) is 2.21. The number of amides is 1. The maximum Gasteiger partial charge on any atom is 0.248 e. The highest BCUT2D eigenvalue weighted by Gasteiger charge is 2.20. The average molecular weight is 206 g/mol.